The predicted octanol–water partition coefficient (Wildman–Crippen LogP) is 1.77. The number of nitrogens with zero attached hydrogens (tertiary/aromatic N) is 4. The van der Waals surface area contributed by atoms with Gasteiger partial charge in [-0.1, -0.05) is 6.92 Å². The van der Waals surface area contributed by atoms with Crippen molar-refractivity contribution >= 4 is 33.3 Å². The smallest absolute Gasteiger partial charge is 0.224 e. The molecule has 0 radical (unpaired) electrons. The number of hydrogen-bond acceptors (Lipinski definition) is 11. The lowest BCUT2D eigenvalue weighted by Gasteiger charge is -2.34. The van der Waals surface area contributed by atoms with Gasteiger partial charge in [0.05, 0.1) is 34.3 Å². The van der Waals surface area contributed by atoms with Crippen molar-refractivity contribution in [2.75, 3.05) is 36.9 Å². The van der Waals surface area contributed by atoms with Crippen LogP contribution >= 0.6 is 11.3 Å². The van der Waals surface area contributed by atoms with Crippen LogP contribution in [0.25, 0.3) is 20.8 Å². The normalized spacial score (nSPS) is 26.2. The number of aliphatic hydroxyl groups is 3. The molecule has 0 bridgehead atoms. The first kappa shape index (κ1) is 24.3. The van der Waals surface area contributed by atoms with Crippen LogP contribution in [0.1, 0.15) is 31.9 Å². The van der Waals surface area contributed by atoms with Crippen molar-refractivity contribution in [3.63, 3.8) is 0 Å². The van der Waals surface area contributed by atoms with Crippen LogP contribution in [0.5, 0.6) is 0 Å². The molecule has 0 aromatic carbocycles. The average molecular weight is 500 g/mol. The fourth-order valence-electron chi connectivity index (χ4n) is 5.02. The van der Waals surface area contributed by atoms with Crippen molar-refractivity contribution in [1.82, 2.24) is 25.3 Å². The Kier molecular flexibility index (Phi) is 6.86. The van der Waals surface area contributed by atoms with E-state index in [2.05, 4.69) is 27.9 Å². The molecule has 1 saturated heterocycles. The minimum Gasteiger partial charge on any atom is -0.396 e. The molecule has 5 rings (SSSR count). The molecule has 10 nitrogen and oxygen atoms in total. The van der Waals surface area contributed by atoms with E-state index < -0.39 is 18.2 Å². The van der Waals surface area contributed by atoms with Crippen molar-refractivity contribution in [2.45, 2.75) is 51.4 Å². The summed E-state index contributed by atoms with van der Waals surface area (Å²) >= 11 is 1.53. The van der Waals surface area contributed by atoms with Gasteiger partial charge in [-0.05, 0) is 50.8 Å². The number of aromatic nitrogens is 4. The van der Waals surface area contributed by atoms with E-state index in [-0.39, 0.29) is 17.9 Å². The summed E-state index contributed by atoms with van der Waals surface area (Å²) in [4.78, 5) is 18.5. The number of nitrogens with one attached hydrogen (secondary N) is 3. The number of rotatable bonds is 7. The van der Waals surface area contributed by atoms with E-state index in [9.17, 15) is 15.3 Å². The zero-order valence-corrected chi connectivity index (χ0v) is 20.8. The van der Waals surface area contributed by atoms with E-state index in [1.165, 1.54) is 11.3 Å². The molecular formula is C24H33N7O3S. The van der Waals surface area contributed by atoms with Crippen LogP contribution in [0.15, 0.2) is 18.5 Å². The summed E-state index contributed by atoms with van der Waals surface area (Å²) in [6.07, 6.45) is 4.06. The largest absolute Gasteiger partial charge is 0.396 e. The number of anilines is 2. The van der Waals surface area contributed by atoms with Crippen molar-refractivity contribution < 1.29 is 15.3 Å². The molecule has 188 valence electrons. The van der Waals surface area contributed by atoms with Gasteiger partial charge in [0.1, 0.15) is 22.4 Å². The fraction of sp³-hybridized carbons (Fsp3) is 0.583. The fourth-order valence-corrected chi connectivity index (χ4v) is 6.05. The molecule has 2 aliphatic rings. The van der Waals surface area contributed by atoms with E-state index in [4.69, 9.17) is 15.0 Å². The number of aryl methyl sites for hydroxylation is 1. The summed E-state index contributed by atoms with van der Waals surface area (Å²) in [5, 5.41) is 41.5. The third kappa shape index (κ3) is 4.96. The molecule has 6 N–H and O–H groups in total. The highest BCUT2D eigenvalue weighted by Crippen LogP contribution is 2.38. The Balaban J connectivity index is 1.49. The Bertz CT molecular complexity index is 1150. The molecule has 3 aromatic heterocycles. The van der Waals surface area contributed by atoms with Gasteiger partial charge in [0, 0.05) is 25.3 Å². The van der Waals surface area contributed by atoms with Crippen molar-refractivity contribution in [3.05, 3.63) is 24.2 Å². The van der Waals surface area contributed by atoms with Crippen LogP contribution in [0.3, 0.4) is 0 Å². The van der Waals surface area contributed by atoms with Gasteiger partial charge in [0.25, 0.3) is 0 Å². The van der Waals surface area contributed by atoms with Crippen LogP contribution in [-0.4, -0.2) is 79.7 Å². The van der Waals surface area contributed by atoms with Crippen molar-refractivity contribution in [2.24, 2.45) is 11.3 Å². The van der Waals surface area contributed by atoms with E-state index in [1.807, 2.05) is 13.0 Å². The molecular weight excluding hydrogens is 466 g/mol. The second-order valence-corrected chi connectivity index (χ2v) is 11.1. The lowest BCUT2D eigenvalue weighted by molar-refractivity contribution is 0.00446. The maximum absolute atomic E-state index is 10.6. The SMILES string of the molecule is Cc1nc(NCC2(C)CCNCC2)nc(N[C@@H]2C[C@H](CO)[C@@H](O)[C@H]2O)c1-c1nc2cnccc2s1. The Morgan fingerprint density at radius 1 is 1.17 bits per heavy atom. The zero-order valence-electron chi connectivity index (χ0n) is 20.0. The topological polar surface area (TPSA) is 148 Å². The average Bonchev–Trinajstić information content (AvgIpc) is 3.39. The van der Waals surface area contributed by atoms with Gasteiger partial charge in [0.2, 0.25) is 5.95 Å². The summed E-state index contributed by atoms with van der Waals surface area (Å²) in [5.74, 6) is 0.681. The lowest BCUT2D eigenvalue weighted by Crippen LogP contribution is -2.39. The molecule has 0 amide bonds. The van der Waals surface area contributed by atoms with Crippen LogP contribution in [0.2, 0.25) is 0 Å². The van der Waals surface area contributed by atoms with Gasteiger partial charge < -0.3 is 31.3 Å². The van der Waals surface area contributed by atoms with Gasteiger partial charge in [0.15, 0.2) is 0 Å². The molecule has 1 aliphatic heterocycles. The molecule has 35 heavy (non-hydrogen) atoms. The van der Waals surface area contributed by atoms with Crippen molar-refractivity contribution in [1.29, 1.82) is 0 Å². The van der Waals surface area contributed by atoms with E-state index in [0.29, 0.717) is 18.2 Å². The van der Waals surface area contributed by atoms with E-state index in [1.54, 1.807) is 12.4 Å². The Hall–Kier alpha value is -2.44. The zero-order chi connectivity index (χ0) is 24.6. The number of fused-ring (bicyclic) bond motifs is 1. The minimum atomic E-state index is -1.01. The molecule has 4 atom stereocenters. The number of piperidine rings is 1. The van der Waals surface area contributed by atoms with Crippen molar-refractivity contribution in [3.8, 4) is 10.6 Å². The summed E-state index contributed by atoms with van der Waals surface area (Å²) in [6, 6.07) is 1.47. The Labute approximate surface area is 208 Å². The molecule has 2 fully saturated rings. The highest BCUT2D eigenvalue weighted by atomic mass is 32.1. The summed E-state index contributed by atoms with van der Waals surface area (Å²) in [5.41, 5.74) is 2.49. The maximum Gasteiger partial charge on any atom is 0.224 e. The molecule has 4 heterocycles. The highest BCUT2D eigenvalue weighted by Gasteiger charge is 2.41. The van der Waals surface area contributed by atoms with Gasteiger partial charge in [-0.25, -0.2) is 9.97 Å². The van der Waals surface area contributed by atoms with Crippen LogP contribution in [0.4, 0.5) is 11.8 Å². The van der Waals surface area contributed by atoms with Gasteiger partial charge in [-0.3, -0.25) is 4.98 Å². The molecule has 3 aromatic rings. The van der Waals surface area contributed by atoms with E-state index >= 15 is 0 Å². The van der Waals surface area contributed by atoms with Gasteiger partial charge in [-0.15, -0.1) is 11.3 Å². The molecule has 1 aliphatic carbocycles. The van der Waals surface area contributed by atoms with E-state index in [0.717, 1.165) is 59.0 Å². The van der Waals surface area contributed by atoms with Gasteiger partial charge >= 0.3 is 0 Å². The summed E-state index contributed by atoms with van der Waals surface area (Å²) in [6.45, 7) is 6.80. The first-order chi connectivity index (χ1) is 16.9. The maximum atomic E-state index is 10.6. The standard InChI is InChI=1S/C24H33N7O3S/c1-13-18(22-30-16-10-26-6-3-17(16)35-22)21(29-15-9-14(11-32)19(33)20(15)34)31-23(28-13)27-12-24(2)4-7-25-8-5-24/h3,6,10,14-15,19-20,25,32-34H,4-5,7-9,11-12H2,1-2H3,(H2,27,28,29,31)/t14-,15-,19-,20+/m1/s1. The number of thiazole rings is 1. The molecule has 0 spiro atoms. The Morgan fingerprint density at radius 2 is 1.97 bits per heavy atom. The van der Waals surface area contributed by atoms with Crippen LogP contribution < -0.4 is 16.0 Å². The van der Waals surface area contributed by atoms with Crippen LogP contribution in [-0.2, 0) is 0 Å². The molecule has 0 unspecified atom stereocenters. The molecule has 1 saturated carbocycles. The second kappa shape index (κ2) is 9.90. The first-order valence-corrected chi connectivity index (χ1v) is 13.0. The van der Waals surface area contributed by atoms with Crippen LogP contribution in [0, 0.1) is 18.3 Å². The molecule has 11 heteroatoms. The number of hydrogen-bond donors (Lipinski definition) is 6. The summed E-state index contributed by atoms with van der Waals surface area (Å²) in [7, 11) is 0. The first-order valence-electron chi connectivity index (χ1n) is 12.1. The predicted molar refractivity (Wildman–Crippen MR) is 136 cm³/mol. The monoisotopic (exact) mass is 499 g/mol. The number of pyridine rings is 1. The Morgan fingerprint density at radius 3 is 2.69 bits per heavy atom. The number of aliphatic hydroxyl groups excluding tert-OH is 3. The second-order valence-electron chi connectivity index (χ2n) is 10.0. The minimum absolute atomic E-state index is 0.162. The quantitative estimate of drug-likeness (QED) is 0.284. The third-order valence-corrected chi connectivity index (χ3v) is 8.39. The summed E-state index contributed by atoms with van der Waals surface area (Å²) < 4.78 is 1.01. The lowest BCUT2D eigenvalue weighted by atomic mass is 9.81. The van der Waals surface area contributed by atoms with Gasteiger partial charge in [-0.2, -0.15) is 4.98 Å². The third-order valence-electron chi connectivity index (χ3n) is 7.34. The highest BCUT2D eigenvalue weighted by molar-refractivity contribution is 7.21.